The first-order valence-corrected chi connectivity index (χ1v) is 15.8. The first-order valence-electron chi connectivity index (χ1n) is 15.8. The Balaban J connectivity index is 1.31. The first-order chi connectivity index (χ1) is 22.7. The number of fused-ring (bicyclic) bond motifs is 11. The smallest absolute Gasteiger partial charge is 0.136 e. The minimum absolute atomic E-state index is 0.904. The van der Waals surface area contributed by atoms with Gasteiger partial charge in [-0.25, -0.2) is 0 Å². The molecule has 0 amide bonds. The minimum atomic E-state index is 0.904. The molecule has 0 saturated heterocycles. The molecule has 1 heterocycles. The molecule has 216 valence electrons. The Hall–Kier alpha value is -5.92. The van der Waals surface area contributed by atoms with E-state index in [1.807, 2.05) is 12.2 Å². The summed E-state index contributed by atoms with van der Waals surface area (Å²) in [5.41, 5.74) is 9.10. The molecule has 0 fully saturated rings. The summed E-state index contributed by atoms with van der Waals surface area (Å²) >= 11 is 0. The summed E-state index contributed by atoms with van der Waals surface area (Å²) in [6, 6.07) is 48.5. The molecule has 1 aromatic heterocycles. The Labute approximate surface area is 267 Å². The summed E-state index contributed by atoms with van der Waals surface area (Å²) in [6.45, 7) is 6.08. The van der Waals surface area contributed by atoms with Gasteiger partial charge in [0.2, 0.25) is 0 Å². The van der Waals surface area contributed by atoms with Gasteiger partial charge in [0.15, 0.2) is 0 Å². The van der Waals surface area contributed by atoms with E-state index in [2.05, 4.69) is 153 Å². The van der Waals surface area contributed by atoms with E-state index in [4.69, 9.17) is 4.42 Å². The van der Waals surface area contributed by atoms with Gasteiger partial charge in [0.05, 0.1) is 0 Å². The van der Waals surface area contributed by atoms with Gasteiger partial charge in [-0.1, -0.05) is 122 Å². The molecular weight excluding hydrogens is 556 g/mol. The fourth-order valence-electron chi connectivity index (χ4n) is 7.32. The highest BCUT2D eigenvalue weighted by Crippen LogP contribution is 2.45. The molecule has 0 N–H and O–H groups in total. The lowest BCUT2D eigenvalue weighted by Gasteiger charge is -2.14. The van der Waals surface area contributed by atoms with Gasteiger partial charge in [-0.2, -0.15) is 0 Å². The van der Waals surface area contributed by atoms with Gasteiger partial charge < -0.3 is 4.42 Å². The lowest BCUT2D eigenvalue weighted by atomic mass is 9.89. The van der Waals surface area contributed by atoms with E-state index in [0.29, 0.717) is 0 Å². The fourth-order valence-corrected chi connectivity index (χ4v) is 7.32. The van der Waals surface area contributed by atoms with Crippen LogP contribution in [0.25, 0.3) is 93.4 Å². The standard InChI is InChI=1S/C45H30O/c1-3-4-12-35-28(2)15-23-41-44(35)45-42(46-41)24-22-38-36-13-8-9-14-37(36)40-27-34(20-21-39(40)43(38)45)33-19-18-31-25-30(16-17-32(31)26-33)29-10-6-5-7-11-29/h3-27H,1H2,2H3/b12-4-. The molecule has 0 spiro atoms. The van der Waals surface area contributed by atoms with Crippen LogP contribution in [0.15, 0.2) is 157 Å². The number of benzene rings is 8. The fraction of sp³-hybridized carbons (Fsp3) is 0.0222. The van der Waals surface area contributed by atoms with Crippen LogP contribution in [-0.2, 0) is 0 Å². The zero-order valence-electron chi connectivity index (χ0n) is 25.5. The summed E-state index contributed by atoms with van der Waals surface area (Å²) < 4.78 is 6.51. The van der Waals surface area contributed by atoms with Crippen LogP contribution in [0.5, 0.6) is 0 Å². The highest BCUT2D eigenvalue weighted by atomic mass is 16.3. The Morgan fingerprint density at radius 3 is 1.83 bits per heavy atom. The molecule has 0 aliphatic rings. The highest BCUT2D eigenvalue weighted by molar-refractivity contribution is 6.35. The first kappa shape index (κ1) is 26.5. The van der Waals surface area contributed by atoms with E-state index in [-0.39, 0.29) is 0 Å². The third kappa shape index (κ3) is 4.02. The van der Waals surface area contributed by atoms with Crippen molar-refractivity contribution in [3.05, 3.63) is 163 Å². The van der Waals surface area contributed by atoms with Crippen molar-refractivity contribution in [2.45, 2.75) is 6.92 Å². The van der Waals surface area contributed by atoms with Crippen molar-refractivity contribution >= 4 is 71.1 Å². The molecular formula is C45H30O. The molecule has 9 rings (SSSR count). The van der Waals surface area contributed by atoms with E-state index in [9.17, 15) is 0 Å². The van der Waals surface area contributed by atoms with Crippen LogP contribution in [0.4, 0.5) is 0 Å². The van der Waals surface area contributed by atoms with Crippen LogP contribution in [-0.4, -0.2) is 0 Å². The van der Waals surface area contributed by atoms with Crippen molar-refractivity contribution in [2.24, 2.45) is 0 Å². The Kier molecular flexibility index (Phi) is 5.94. The largest absolute Gasteiger partial charge is 0.456 e. The third-order valence-electron chi connectivity index (χ3n) is 9.54. The van der Waals surface area contributed by atoms with Crippen molar-refractivity contribution in [2.75, 3.05) is 0 Å². The summed E-state index contributed by atoms with van der Waals surface area (Å²) in [4.78, 5) is 0. The molecule has 0 bridgehead atoms. The number of hydrogen-bond donors (Lipinski definition) is 0. The quantitative estimate of drug-likeness (QED) is 0.148. The van der Waals surface area contributed by atoms with Crippen LogP contribution >= 0.6 is 0 Å². The molecule has 1 heteroatoms. The van der Waals surface area contributed by atoms with Crippen LogP contribution in [0.3, 0.4) is 0 Å². The highest BCUT2D eigenvalue weighted by Gasteiger charge is 2.19. The normalized spacial score (nSPS) is 12.0. The molecule has 0 aliphatic heterocycles. The maximum atomic E-state index is 6.51. The molecule has 46 heavy (non-hydrogen) atoms. The van der Waals surface area contributed by atoms with Gasteiger partial charge >= 0.3 is 0 Å². The van der Waals surface area contributed by atoms with Crippen molar-refractivity contribution < 1.29 is 4.42 Å². The van der Waals surface area contributed by atoms with Crippen LogP contribution in [0.1, 0.15) is 11.1 Å². The van der Waals surface area contributed by atoms with E-state index >= 15 is 0 Å². The second-order valence-corrected chi connectivity index (χ2v) is 12.2. The zero-order chi connectivity index (χ0) is 30.8. The molecule has 0 radical (unpaired) electrons. The van der Waals surface area contributed by atoms with E-state index < -0.39 is 0 Å². The average molecular weight is 587 g/mol. The predicted molar refractivity (Wildman–Crippen MR) is 199 cm³/mol. The molecule has 0 unspecified atom stereocenters. The molecule has 0 aliphatic carbocycles. The van der Waals surface area contributed by atoms with Crippen molar-refractivity contribution in [3.63, 3.8) is 0 Å². The second kappa shape index (κ2) is 10.3. The maximum Gasteiger partial charge on any atom is 0.136 e. The molecule has 1 nitrogen and oxygen atoms in total. The lowest BCUT2D eigenvalue weighted by Crippen LogP contribution is -1.87. The minimum Gasteiger partial charge on any atom is -0.456 e. The van der Waals surface area contributed by atoms with E-state index in [0.717, 1.165) is 16.6 Å². The number of allylic oxidation sites excluding steroid dienone is 2. The summed E-state index contributed by atoms with van der Waals surface area (Å²) in [6.07, 6.45) is 6.00. The number of aryl methyl sites for hydroxylation is 1. The van der Waals surface area contributed by atoms with Crippen molar-refractivity contribution in [3.8, 4) is 22.3 Å². The topological polar surface area (TPSA) is 13.1 Å². The van der Waals surface area contributed by atoms with E-state index in [1.54, 1.807) is 0 Å². The lowest BCUT2D eigenvalue weighted by molar-refractivity contribution is 0.669. The summed E-state index contributed by atoms with van der Waals surface area (Å²) in [5.74, 6) is 0. The van der Waals surface area contributed by atoms with Crippen LogP contribution in [0, 0.1) is 6.92 Å². The second-order valence-electron chi connectivity index (χ2n) is 12.2. The van der Waals surface area contributed by atoms with Crippen LogP contribution in [0.2, 0.25) is 0 Å². The molecule has 0 atom stereocenters. The molecule has 8 aromatic carbocycles. The number of rotatable bonds is 4. The Bertz CT molecular complexity index is 2700. The zero-order valence-corrected chi connectivity index (χ0v) is 25.5. The molecule has 9 aromatic rings. The number of furan rings is 1. The maximum absolute atomic E-state index is 6.51. The predicted octanol–water partition coefficient (Wildman–Crippen LogP) is 13.0. The third-order valence-corrected chi connectivity index (χ3v) is 9.54. The average Bonchev–Trinajstić information content (AvgIpc) is 3.50. The van der Waals surface area contributed by atoms with Gasteiger partial charge in [-0.05, 0) is 114 Å². The van der Waals surface area contributed by atoms with E-state index in [1.165, 1.54) is 81.9 Å². The van der Waals surface area contributed by atoms with Crippen LogP contribution < -0.4 is 0 Å². The number of hydrogen-bond acceptors (Lipinski definition) is 1. The monoisotopic (exact) mass is 586 g/mol. The Morgan fingerprint density at radius 2 is 1.07 bits per heavy atom. The summed E-state index contributed by atoms with van der Waals surface area (Å²) in [7, 11) is 0. The van der Waals surface area contributed by atoms with Gasteiger partial charge in [0.1, 0.15) is 11.2 Å². The summed E-state index contributed by atoms with van der Waals surface area (Å²) in [5, 5.41) is 12.3. The van der Waals surface area contributed by atoms with Gasteiger partial charge in [-0.3, -0.25) is 0 Å². The Morgan fingerprint density at radius 1 is 0.478 bits per heavy atom. The van der Waals surface area contributed by atoms with Gasteiger partial charge in [0.25, 0.3) is 0 Å². The SMILES string of the molecule is C=C/C=C\c1c(C)ccc2oc3ccc4c5ccccc5c5cc(-c6ccc7cc(-c8ccccc8)ccc7c6)ccc5c4c3c12. The van der Waals surface area contributed by atoms with Gasteiger partial charge in [0, 0.05) is 16.2 Å². The van der Waals surface area contributed by atoms with Gasteiger partial charge in [-0.15, -0.1) is 0 Å². The van der Waals surface area contributed by atoms with Crippen molar-refractivity contribution in [1.82, 2.24) is 0 Å². The van der Waals surface area contributed by atoms with Crippen molar-refractivity contribution in [1.29, 1.82) is 0 Å². The molecule has 0 saturated carbocycles.